The molecule has 27 heavy (non-hydrogen) atoms. The molecule has 5 heteroatoms. The van der Waals surface area contributed by atoms with Crippen LogP contribution in [0.1, 0.15) is 43.7 Å². The van der Waals surface area contributed by atoms with Crippen LogP contribution in [0.2, 0.25) is 10.0 Å². The molecule has 1 aliphatic rings. The van der Waals surface area contributed by atoms with Gasteiger partial charge in [0.1, 0.15) is 0 Å². The van der Waals surface area contributed by atoms with Crippen molar-refractivity contribution in [1.82, 2.24) is 4.90 Å². The highest BCUT2D eigenvalue weighted by Crippen LogP contribution is 2.29. The summed E-state index contributed by atoms with van der Waals surface area (Å²) in [6, 6.07) is 13.6. The number of likely N-dealkylation sites (tertiary alicyclic amines) is 1. The number of carbonyl (C=O) groups is 1. The molecular weight excluding hydrogens is 379 g/mol. The standard InChI is InChI=1S/C22H26Cl2N2O/c1-15(2)17-8-3-4-11-21(17)25-22(27)16-7-6-12-26(13-16)14-18-19(23)9-5-10-20(18)24/h3-5,8-11,15-16H,6-7,12-14H2,1-2H3,(H,25,27). The minimum atomic E-state index is -0.0276. The van der Waals surface area contributed by atoms with Crippen molar-refractivity contribution in [3.63, 3.8) is 0 Å². The zero-order chi connectivity index (χ0) is 19.4. The molecule has 0 aromatic heterocycles. The number of rotatable bonds is 5. The first-order valence-corrected chi connectivity index (χ1v) is 10.3. The summed E-state index contributed by atoms with van der Waals surface area (Å²) in [5.74, 6) is 0.435. The van der Waals surface area contributed by atoms with Crippen molar-refractivity contribution in [3.8, 4) is 0 Å². The number of anilines is 1. The third kappa shape index (κ3) is 5.04. The number of amides is 1. The summed E-state index contributed by atoms with van der Waals surface area (Å²) in [5.41, 5.74) is 3.03. The van der Waals surface area contributed by atoms with Gasteiger partial charge in [-0.05, 0) is 49.1 Å². The maximum absolute atomic E-state index is 12.9. The van der Waals surface area contributed by atoms with Crippen LogP contribution in [0.4, 0.5) is 5.69 Å². The summed E-state index contributed by atoms with van der Waals surface area (Å²) < 4.78 is 0. The molecule has 1 atom stereocenters. The lowest BCUT2D eigenvalue weighted by Crippen LogP contribution is -2.40. The first-order chi connectivity index (χ1) is 13.0. The number of para-hydroxylation sites is 1. The summed E-state index contributed by atoms with van der Waals surface area (Å²) in [7, 11) is 0. The average Bonchev–Trinajstić information content (AvgIpc) is 2.65. The first kappa shape index (κ1) is 20.2. The van der Waals surface area contributed by atoms with Crippen LogP contribution in [0.3, 0.4) is 0 Å². The highest BCUT2D eigenvalue weighted by atomic mass is 35.5. The van der Waals surface area contributed by atoms with Crippen molar-refractivity contribution in [2.75, 3.05) is 18.4 Å². The Hall–Kier alpha value is -1.55. The summed E-state index contributed by atoms with van der Waals surface area (Å²) in [5, 5.41) is 4.51. The van der Waals surface area contributed by atoms with Gasteiger partial charge in [-0.3, -0.25) is 9.69 Å². The maximum atomic E-state index is 12.9. The maximum Gasteiger partial charge on any atom is 0.228 e. The van der Waals surface area contributed by atoms with Gasteiger partial charge in [-0.25, -0.2) is 0 Å². The first-order valence-electron chi connectivity index (χ1n) is 9.50. The van der Waals surface area contributed by atoms with Crippen molar-refractivity contribution < 1.29 is 4.79 Å². The van der Waals surface area contributed by atoms with E-state index in [9.17, 15) is 4.79 Å². The Labute approximate surface area is 171 Å². The molecule has 1 saturated heterocycles. The van der Waals surface area contributed by atoms with E-state index in [0.29, 0.717) is 22.5 Å². The van der Waals surface area contributed by atoms with E-state index in [1.165, 1.54) is 5.56 Å². The Kier molecular flexibility index (Phi) is 6.80. The van der Waals surface area contributed by atoms with Gasteiger partial charge in [-0.2, -0.15) is 0 Å². The fraction of sp³-hybridized carbons (Fsp3) is 0.409. The molecule has 1 unspecified atom stereocenters. The molecule has 0 saturated carbocycles. The lowest BCUT2D eigenvalue weighted by molar-refractivity contribution is -0.121. The van der Waals surface area contributed by atoms with Crippen LogP contribution in [0.25, 0.3) is 0 Å². The zero-order valence-electron chi connectivity index (χ0n) is 15.8. The second-order valence-corrected chi connectivity index (χ2v) is 8.32. The number of nitrogens with zero attached hydrogens (tertiary/aromatic N) is 1. The highest BCUT2D eigenvalue weighted by Gasteiger charge is 2.27. The highest BCUT2D eigenvalue weighted by molar-refractivity contribution is 6.35. The van der Waals surface area contributed by atoms with E-state index >= 15 is 0 Å². The molecular formula is C22H26Cl2N2O. The smallest absolute Gasteiger partial charge is 0.228 e. The molecule has 0 radical (unpaired) electrons. The fourth-order valence-electron chi connectivity index (χ4n) is 3.67. The second-order valence-electron chi connectivity index (χ2n) is 7.51. The number of piperidine rings is 1. The van der Waals surface area contributed by atoms with Gasteiger partial charge in [0.2, 0.25) is 5.91 Å². The van der Waals surface area contributed by atoms with Crippen LogP contribution in [0, 0.1) is 5.92 Å². The number of benzene rings is 2. The van der Waals surface area contributed by atoms with Crippen LogP contribution in [-0.2, 0) is 11.3 Å². The summed E-state index contributed by atoms with van der Waals surface area (Å²) >= 11 is 12.6. The Morgan fingerprint density at radius 2 is 1.85 bits per heavy atom. The predicted molar refractivity (Wildman–Crippen MR) is 114 cm³/mol. The number of carbonyl (C=O) groups excluding carboxylic acids is 1. The summed E-state index contributed by atoms with van der Waals surface area (Å²) in [6.45, 7) is 6.62. The lowest BCUT2D eigenvalue weighted by atomic mass is 9.95. The number of hydrogen-bond acceptors (Lipinski definition) is 2. The van der Waals surface area contributed by atoms with Crippen molar-refractivity contribution in [1.29, 1.82) is 0 Å². The zero-order valence-corrected chi connectivity index (χ0v) is 17.4. The van der Waals surface area contributed by atoms with E-state index in [0.717, 1.165) is 37.2 Å². The molecule has 1 N–H and O–H groups in total. The van der Waals surface area contributed by atoms with E-state index in [2.05, 4.69) is 30.1 Å². The summed E-state index contributed by atoms with van der Waals surface area (Å²) in [4.78, 5) is 15.2. The van der Waals surface area contributed by atoms with Gasteiger partial charge in [-0.15, -0.1) is 0 Å². The van der Waals surface area contributed by atoms with E-state index in [4.69, 9.17) is 23.2 Å². The molecule has 2 aromatic rings. The number of nitrogens with one attached hydrogen (secondary N) is 1. The minimum absolute atomic E-state index is 0.0276. The van der Waals surface area contributed by atoms with Crippen LogP contribution >= 0.6 is 23.2 Å². The Morgan fingerprint density at radius 3 is 2.56 bits per heavy atom. The van der Waals surface area contributed by atoms with Gasteiger partial charge in [0.15, 0.2) is 0 Å². The topological polar surface area (TPSA) is 32.3 Å². The lowest BCUT2D eigenvalue weighted by Gasteiger charge is -2.32. The minimum Gasteiger partial charge on any atom is -0.326 e. The molecule has 1 fully saturated rings. The summed E-state index contributed by atoms with van der Waals surface area (Å²) in [6.07, 6.45) is 1.90. The third-order valence-electron chi connectivity index (χ3n) is 5.16. The van der Waals surface area contributed by atoms with E-state index < -0.39 is 0 Å². The quantitative estimate of drug-likeness (QED) is 0.665. The van der Waals surface area contributed by atoms with E-state index in [1.807, 2.05) is 36.4 Å². The monoisotopic (exact) mass is 404 g/mol. The van der Waals surface area contributed by atoms with Crippen LogP contribution in [0.5, 0.6) is 0 Å². The number of hydrogen-bond donors (Lipinski definition) is 1. The van der Waals surface area contributed by atoms with Gasteiger partial charge in [0.25, 0.3) is 0 Å². The molecule has 0 aliphatic carbocycles. The Bertz CT molecular complexity index is 786. The van der Waals surface area contributed by atoms with Gasteiger partial charge in [-0.1, -0.05) is 61.3 Å². The molecule has 1 aliphatic heterocycles. The van der Waals surface area contributed by atoms with E-state index in [-0.39, 0.29) is 11.8 Å². The largest absolute Gasteiger partial charge is 0.326 e. The molecule has 1 heterocycles. The van der Waals surface area contributed by atoms with Crippen molar-refractivity contribution >= 4 is 34.8 Å². The van der Waals surface area contributed by atoms with Crippen LogP contribution in [0.15, 0.2) is 42.5 Å². The van der Waals surface area contributed by atoms with Gasteiger partial charge < -0.3 is 5.32 Å². The third-order valence-corrected chi connectivity index (χ3v) is 5.87. The SMILES string of the molecule is CC(C)c1ccccc1NC(=O)C1CCCN(Cc2c(Cl)cccc2Cl)C1. The molecule has 3 nitrogen and oxygen atoms in total. The Balaban J connectivity index is 1.67. The van der Waals surface area contributed by atoms with Gasteiger partial charge >= 0.3 is 0 Å². The molecule has 144 valence electrons. The van der Waals surface area contributed by atoms with Gasteiger partial charge in [0.05, 0.1) is 5.92 Å². The fourth-order valence-corrected chi connectivity index (χ4v) is 4.19. The molecule has 3 rings (SSSR count). The van der Waals surface area contributed by atoms with Crippen LogP contribution < -0.4 is 5.32 Å². The predicted octanol–water partition coefficient (Wildman–Crippen LogP) is 5.97. The number of halogens is 2. The molecule has 1 amide bonds. The Morgan fingerprint density at radius 1 is 1.15 bits per heavy atom. The molecule has 2 aromatic carbocycles. The van der Waals surface area contributed by atoms with E-state index in [1.54, 1.807) is 0 Å². The van der Waals surface area contributed by atoms with Crippen molar-refractivity contribution in [3.05, 3.63) is 63.6 Å². The van der Waals surface area contributed by atoms with Crippen LogP contribution in [-0.4, -0.2) is 23.9 Å². The second kappa shape index (κ2) is 9.09. The van der Waals surface area contributed by atoms with Gasteiger partial charge in [0, 0.05) is 34.4 Å². The van der Waals surface area contributed by atoms with Crippen molar-refractivity contribution in [2.45, 2.75) is 39.2 Å². The average molecular weight is 405 g/mol. The molecule has 0 bridgehead atoms. The van der Waals surface area contributed by atoms with Crippen molar-refractivity contribution in [2.24, 2.45) is 5.92 Å². The normalized spacial score (nSPS) is 17.9. The molecule has 0 spiro atoms.